The van der Waals surface area contributed by atoms with Crippen LogP contribution < -0.4 is 4.74 Å². The molecule has 0 aromatic heterocycles. The van der Waals surface area contributed by atoms with Gasteiger partial charge in [0, 0.05) is 11.6 Å². The highest BCUT2D eigenvalue weighted by Gasteiger charge is 2.15. The summed E-state index contributed by atoms with van der Waals surface area (Å²) >= 11 is 5.78. The van der Waals surface area contributed by atoms with Crippen LogP contribution in [-0.2, 0) is 6.61 Å². The Morgan fingerprint density at radius 3 is 2.71 bits per heavy atom. The summed E-state index contributed by atoms with van der Waals surface area (Å²) in [5, 5.41) is 19.6. The molecule has 0 radical (unpaired) electrons. The fourth-order valence-electron chi connectivity index (χ4n) is 1.01. The predicted octanol–water partition coefficient (Wildman–Crippen LogP) is 1.75. The van der Waals surface area contributed by atoms with E-state index in [2.05, 4.69) is 0 Å². The first-order chi connectivity index (χ1) is 6.60. The highest BCUT2D eigenvalue weighted by atomic mass is 35.5. The average molecular weight is 218 g/mol. The molecule has 0 unspecified atom stereocenters. The molecular formula is C8H8ClNO4. The van der Waals surface area contributed by atoms with Crippen molar-refractivity contribution in [2.75, 3.05) is 7.11 Å². The van der Waals surface area contributed by atoms with Crippen LogP contribution in [0, 0.1) is 10.1 Å². The minimum atomic E-state index is -0.571. The maximum Gasteiger partial charge on any atom is 0.273 e. The van der Waals surface area contributed by atoms with Gasteiger partial charge in [-0.05, 0) is 0 Å². The number of nitro benzene ring substituents is 1. The summed E-state index contributed by atoms with van der Waals surface area (Å²) in [6, 6.07) is 2.42. The lowest BCUT2D eigenvalue weighted by atomic mass is 10.2. The Labute approximate surface area is 85.0 Å². The van der Waals surface area contributed by atoms with Crippen molar-refractivity contribution in [3.05, 3.63) is 32.8 Å². The molecule has 0 amide bonds. The van der Waals surface area contributed by atoms with Crippen molar-refractivity contribution in [1.82, 2.24) is 0 Å². The summed E-state index contributed by atoms with van der Waals surface area (Å²) in [6.45, 7) is -0.364. The largest absolute Gasteiger partial charge is 0.495 e. The number of nitro groups is 1. The van der Waals surface area contributed by atoms with Gasteiger partial charge in [-0.2, -0.15) is 0 Å². The lowest BCUT2D eigenvalue weighted by molar-refractivity contribution is -0.385. The van der Waals surface area contributed by atoms with Crippen LogP contribution in [-0.4, -0.2) is 17.1 Å². The first-order valence-electron chi connectivity index (χ1n) is 3.71. The standard InChI is InChI=1S/C8H8ClNO4/c1-14-7-3-6(10(12)13)2-5(4-11)8(7)9/h2-3,11H,4H2,1H3. The van der Waals surface area contributed by atoms with Crippen LogP contribution in [0.4, 0.5) is 5.69 Å². The smallest absolute Gasteiger partial charge is 0.273 e. The molecule has 1 N–H and O–H groups in total. The molecule has 1 aromatic rings. The summed E-state index contributed by atoms with van der Waals surface area (Å²) in [5.41, 5.74) is 0.119. The van der Waals surface area contributed by atoms with E-state index in [9.17, 15) is 10.1 Å². The van der Waals surface area contributed by atoms with Crippen molar-refractivity contribution in [3.63, 3.8) is 0 Å². The summed E-state index contributed by atoms with van der Waals surface area (Å²) in [6.07, 6.45) is 0. The van der Waals surface area contributed by atoms with Gasteiger partial charge in [0.05, 0.1) is 29.7 Å². The topological polar surface area (TPSA) is 72.6 Å². The fraction of sp³-hybridized carbons (Fsp3) is 0.250. The maximum absolute atomic E-state index is 10.5. The predicted molar refractivity (Wildman–Crippen MR) is 50.6 cm³/mol. The van der Waals surface area contributed by atoms with Gasteiger partial charge >= 0.3 is 0 Å². The fourth-order valence-corrected chi connectivity index (χ4v) is 1.25. The van der Waals surface area contributed by atoms with Crippen LogP contribution in [0.3, 0.4) is 0 Å². The highest BCUT2D eigenvalue weighted by Crippen LogP contribution is 2.32. The second kappa shape index (κ2) is 4.26. The average Bonchev–Trinajstić information content (AvgIpc) is 2.17. The van der Waals surface area contributed by atoms with Crippen LogP contribution in [0.5, 0.6) is 5.75 Å². The minimum absolute atomic E-state index is 0.157. The maximum atomic E-state index is 10.5. The van der Waals surface area contributed by atoms with Crippen molar-refractivity contribution in [2.24, 2.45) is 0 Å². The minimum Gasteiger partial charge on any atom is -0.495 e. The zero-order valence-corrected chi connectivity index (χ0v) is 8.11. The third kappa shape index (κ3) is 1.94. The summed E-state index contributed by atoms with van der Waals surface area (Å²) in [4.78, 5) is 9.90. The van der Waals surface area contributed by atoms with Gasteiger partial charge < -0.3 is 9.84 Å². The number of nitrogens with zero attached hydrogens (tertiary/aromatic N) is 1. The first kappa shape index (κ1) is 10.7. The second-order valence-electron chi connectivity index (χ2n) is 2.54. The Morgan fingerprint density at radius 1 is 1.64 bits per heavy atom. The molecule has 0 atom stereocenters. The van der Waals surface area contributed by atoms with Crippen LogP contribution in [0.25, 0.3) is 0 Å². The number of non-ortho nitro benzene ring substituents is 1. The SMILES string of the molecule is COc1cc([N+](=O)[O-])cc(CO)c1Cl. The molecule has 76 valence electrons. The number of hydrogen-bond acceptors (Lipinski definition) is 4. The van der Waals surface area contributed by atoms with Gasteiger partial charge in [0.25, 0.3) is 5.69 Å². The molecule has 0 fully saturated rings. The molecule has 1 aromatic carbocycles. The number of rotatable bonds is 3. The number of aliphatic hydroxyl groups is 1. The van der Waals surface area contributed by atoms with Gasteiger partial charge in [0.2, 0.25) is 0 Å². The first-order valence-corrected chi connectivity index (χ1v) is 4.09. The molecule has 5 nitrogen and oxygen atoms in total. The highest BCUT2D eigenvalue weighted by molar-refractivity contribution is 6.32. The Balaban J connectivity index is 3.32. The van der Waals surface area contributed by atoms with E-state index in [1.54, 1.807) is 0 Å². The van der Waals surface area contributed by atoms with E-state index in [0.29, 0.717) is 0 Å². The van der Waals surface area contributed by atoms with E-state index < -0.39 is 4.92 Å². The molecular weight excluding hydrogens is 210 g/mol. The van der Waals surface area contributed by atoms with Crippen molar-refractivity contribution in [1.29, 1.82) is 0 Å². The number of aliphatic hydroxyl groups excluding tert-OH is 1. The van der Waals surface area contributed by atoms with Gasteiger partial charge in [-0.1, -0.05) is 11.6 Å². The Morgan fingerprint density at radius 2 is 2.29 bits per heavy atom. The van der Waals surface area contributed by atoms with Crippen molar-refractivity contribution in [3.8, 4) is 5.75 Å². The van der Waals surface area contributed by atoms with Crippen LogP contribution in [0.2, 0.25) is 5.02 Å². The molecule has 0 spiro atoms. The van der Waals surface area contributed by atoms with Gasteiger partial charge in [-0.15, -0.1) is 0 Å². The van der Waals surface area contributed by atoms with Gasteiger partial charge in [0.1, 0.15) is 5.75 Å². The molecule has 0 aliphatic heterocycles. The second-order valence-corrected chi connectivity index (χ2v) is 2.91. The zero-order chi connectivity index (χ0) is 10.7. The number of halogens is 1. The van der Waals surface area contributed by atoms with Crippen LogP contribution >= 0.6 is 11.6 Å². The normalized spacial score (nSPS) is 9.93. The number of hydrogen-bond donors (Lipinski definition) is 1. The van der Waals surface area contributed by atoms with Crippen molar-refractivity contribution >= 4 is 17.3 Å². The third-order valence-corrected chi connectivity index (χ3v) is 2.13. The summed E-state index contributed by atoms with van der Waals surface area (Å²) in [7, 11) is 1.35. The Kier molecular flexibility index (Phi) is 3.27. The lowest BCUT2D eigenvalue weighted by Crippen LogP contribution is -1.95. The number of methoxy groups -OCH3 is 1. The summed E-state index contributed by atoms with van der Waals surface area (Å²) in [5.74, 6) is 0.185. The molecule has 6 heteroatoms. The monoisotopic (exact) mass is 217 g/mol. The Bertz CT molecular complexity index is 341. The number of benzene rings is 1. The van der Waals surface area contributed by atoms with E-state index in [4.69, 9.17) is 21.4 Å². The summed E-state index contributed by atoms with van der Waals surface area (Å²) < 4.78 is 4.83. The van der Waals surface area contributed by atoms with Crippen LogP contribution in [0.1, 0.15) is 5.56 Å². The molecule has 1 rings (SSSR count). The van der Waals surface area contributed by atoms with E-state index in [1.807, 2.05) is 0 Å². The van der Waals surface area contributed by atoms with Crippen molar-refractivity contribution < 1.29 is 14.8 Å². The number of ether oxygens (including phenoxy) is 1. The molecule has 0 aliphatic carbocycles. The molecule has 0 bridgehead atoms. The van der Waals surface area contributed by atoms with E-state index in [-0.39, 0.29) is 28.6 Å². The lowest BCUT2D eigenvalue weighted by Gasteiger charge is -2.06. The zero-order valence-electron chi connectivity index (χ0n) is 7.36. The third-order valence-electron chi connectivity index (χ3n) is 1.70. The van der Waals surface area contributed by atoms with Crippen molar-refractivity contribution in [2.45, 2.75) is 6.61 Å². The Hall–Kier alpha value is -1.33. The molecule has 0 saturated heterocycles. The van der Waals surface area contributed by atoms with Gasteiger partial charge in [0.15, 0.2) is 0 Å². The van der Waals surface area contributed by atoms with Gasteiger partial charge in [-0.3, -0.25) is 10.1 Å². The molecule has 0 heterocycles. The van der Waals surface area contributed by atoms with Crippen LogP contribution in [0.15, 0.2) is 12.1 Å². The molecule has 0 saturated carbocycles. The van der Waals surface area contributed by atoms with E-state index in [0.717, 1.165) is 0 Å². The molecule has 14 heavy (non-hydrogen) atoms. The molecule has 0 aliphatic rings. The van der Waals surface area contributed by atoms with Gasteiger partial charge in [-0.25, -0.2) is 0 Å². The van der Waals surface area contributed by atoms with E-state index >= 15 is 0 Å². The van der Waals surface area contributed by atoms with E-state index in [1.165, 1.54) is 19.2 Å². The quantitative estimate of drug-likeness (QED) is 0.618.